The van der Waals surface area contributed by atoms with Crippen molar-refractivity contribution in [1.82, 2.24) is 0 Å². The number of aromatic carboxylic acids is 1. The first kappa shape index (κ1) is 11.6. The molecule has 0 fully saturated rings. The molecule has 0 saturated carbocycles. The number of benzene rings is 1. The van der Waals surface area contributed by atoms with Gasteiger partial charge in [-0.2, -0.15) is 0 Å². The van der Waals surface area contributed by atoms with Gasteiger partial charge in [-0.25, -0.2) is 4.79 Å². The van der Waals surface area contributed by atoms with E-state index in [0.717, 1.165) is 0 Å². The third kappa shape index (κ3) is 3.29. The minimum Gasteiger partial charge on any atom is -0.488 e. The van der Waals surface area contributed by atoms with Crippen LogP contribution in [0.15, 0.2) is 29.8 Å². The zero-order chi connectivity index (χ0) is 11.4. The van der Waals surface area contributed by atoms with Crippen molar-refractivity contribution in [3.8, 4) is 5.75 Å². The van der Waals surface area contributed by atoms with Crippen LogP contribution in [0.2, 0.25) is 0 Å². The van der Waals surface area contributed by atoms with E-state index < -0.39 is 5.97 Å². The van der Waals surface area contributed by atoms with Crippen LogP contribution < -0.4 is 4.74 Å². The Morgan fingerprint density at radius 1 is 1.60 bits per heavy atom. The summed E-state index contributed by atoms with van der Waals surface area (Å²) in [6, 6.07) is 4.75. The highest BCUT2D eigenvalue weighted by Gasteiger charge is 2.07. The normalized spacial score (nSPS) is 9.73. The Kier molecular flexibility index (Phi) is 3.74. The third-order valence-corrected chi connectivity index (χ3v) is 1.93. The summed E-state index contributed by atoms with van der Waals surface area (Å²) in [6.45, 7) is 5.41. The molecule has 1 rings (SSSR count). The number of carboxylic acids is 1. The number of halogens is 1. The maximum atomic E-state index is 10.7. The smallest absolute Gasteiger partial charge is 0.335 e. The van der Waals surface area contributed by atoms with Crippen LogP contribution in [0, 0.1) is 6.92 Å². The first-order chi connectivity index (χ1) is 7.00. The first-order valence-corrected chi connectivity index (χ1v) is 4.68. The van der Waals surface area contributed by atoms with E-state index in [9.17, 15) is 4.79 Å². The van der Waals surface area contributed by atoms with Crippen LogP contribution in [0.25, 0.3) is 0 Å². The van der Waals surface area contributed by atoms with Gasteiger partial charge in [-0.05, 0) is 30.7 Å². The second-order valence-electron chi connectivity index (χ2n) is 3.09. The van der Waals surface area contributed by atoms with Crippen LogP contribution in [-0.4, -0.2) is 17.7 Å². The van der Waals surface area contributed by atoms with Crippen LogP contribution in [-0.2, 0) is 0 Å². The van der Waals surface area contributed by atoms with Crippen LogP contribution in [0.4, 0.5) is 0 Å². The first-order valence-electron chi connectivity index (χ1n) is 4.30. The Balaban J connectivity index is 2.82. The van der Waals surface area contributed by atoms with E-state index in [4.69, 9.17) is 21.4 Å². The molecule has 4 heteroatoms. The van der Waals surface area contributed by atoms with Crippen LogP contribution >= 0.6 is 11.6 Å². The lowest BCUT2D eigenvalue weighted by Crippen LogP contribution is -2.01. The molecule has 80 valence electrons. The number of hydrogen-bond donors (Lipinski definition) is 1. The number of rotatable bonds is 4. The molecule has 0 unspecified atom stereocenters. The lowest BCUT2D eigenvalue weighted by atomic mass is 10.1. The van der Waals surface area contributed by atoms with Gasteiger partial charge in [-0.3, -0.25) is 0 Å². The van der Waals surface area contributed by atoms with Crippen LogP contribution in [0.3, 0.4) is 0 Å². The fourth-order valence-corrected chi connectivity index (χ4v) is 1.18. The molecule has 0 radical (unpaired) electrons. The van der Waals surface area contributed by atoms with Gasteiger partial charge in [0.2, 0.25) is 0 Å². The minimum absolute atomic E-state index is 0.216. The van der Waals surface area contributed by atoms with Gasteiger partial charge in [0.25, 0.3) is 0 Å². The monoisotopic (exact) mass is 226 g/mol. The molecule has 0 heterocycles. The molecule has 0 atom stereocenters. The lowest BCUT2D eigenvalue weighted by molar-refractivity contribution is 0.0696. The summed E-state index contributed by atoms with van der Waals surface area (Å²) >= 11 is 5.54. The van der Waals surface area contributed by atoms with Gasteiger partial charge < -0.3 is 9.84 Å². The molecule has 0 aliphatic carbocycles. The zero-order valence-electron chi connectivity index (χ0n) is 8.29. The number of aryl methyl sites for hydroxylation is 1. The van der Waals surface area contributed by atoms with Gasteiger partial charge in [0, 0.05) is 5.03 Å². The Labute approximate surface area is 92.9 Å². The quantitative estimate of drug-likeness (QED) is 0.859. The summed E-state index contributed by atoms with van der Waals surface area (Å²) in [7, 11) is 0. The molecular weight excluding hydrogens is 216 g/mol. The largest absolute Gasteiger partial charge is 0.488 e. The molecule has 0 bridgehead atoms. The topological polar surface area (TPSA) is 46.5 Å². The van der Waals surface area contributed by atoms with E-state index in [0.29, 0.717) is 16.3 Å². The van der Waals surface area contributed by atoms with Gasteiger partial charge in [0.15, 0.2) is 0 Å². The molecule has 1 aromatic carbocycles. The Hall–Kier alpha value is -1.48. The Morgan fingerprint density at radius 3 is 2.73 bits per heavy atom. The summed E-state index contributed by atoms with van der Waals surface area (Å²) < 4.78 is 5.26. The van der Waals surface area contributed by atoms with Gasteiger partial charge in [0.1, 0.15) is 12.4 Å². The van der Waals surface area contributed by atoms with Crippen molar-refractivity contribution in [2.45, 2.75) is 6.92 Å². The van der Waals surface area contributed by atoms with Crippen LogP contribution in [0.1, 0.15) is 15.9 Å². The molecule has 0 spiro atoms. The van der Waals surface area contributed by atoms with Crippen molar-refractivity contribution in [3.05, 3.63) is 40.9 Å². The third-order valence-electron chi connectivity index (χ3n) is 1.82. The maximum absolute atomic E-state index is 10.7. The molecule has 3 nitrogen and oxygen atoms in total. The average Bonchev–Trinajstić information content (AvgIpc) is 2.14. The SMILES string of the molecule is C=C(Cl)COc1ccc(C(=O)O)c(C)c1. The molecule has 1 N–H and O–H groups in total. The van der Waals surface area contributed by atoms with Crippen LogP contribution in [0.5, 0.6) is 5.75 Å². The van der Waals surface area contributed by atoms with Gasteiger partial charge in [-0.15, -0.1) is 0 Å². The number of carboxylic acid groups (broad SMARTS) is 1. The highest BCUT2D eigenvalue weighted by atomic mass is 35.5. The number of carbonyl (C=O) groups is 1. The van der Waals surface area contributed by atoms with E-state index in [1.54, 1.807) is 19.1 Å². The molecule has 0 aliphatic heterocycles. The molecular formula is C11H11ClO3. The Bertz CT molecular complexity index is 399. The van der Waals surface area contributed by atoms with Gasteiger partial charge in [-0.1, -0.05) is 18.2 Å². The predicted octanol–water partition coefficient (Wildman–Crippen LogP) is 2.82. The second-order valence-corrected chi connectivity index (χ2v) is 3.62. The molecule has 0 aliphatic rings. The lowest BCUT2D eigenvalue weighted by Gasteiger charge is -2.07. The molecule has 0 saturated heterocycles. The van der Waals surface area contributed by atoms with E-state index in [2.05, 4.69) is 6.58 Å². The Morgan fingerprint density at radius 2 is 2.27 bits per heavy atom. The minimum atomic E-state index is -0.944. The second kappa shape index (κ2) is 4.84. The summed E-state index contributed by atoms with van der Waals surface area (Å²) in [5.74, 6) is -0.361. The van der Waals surface area contributed by atoms with Crippen molar-refractivity contribution in [1.29, 1.82) is 0 Å². The molecule has 0 amide bonds. The van der Waals surface area contributed by atoms with Crippen molar-refractivity contribution in [2.75, 3.05) is 6.61 Å². The van der Waals surface area contributed by atoms with E-state index in [-0.39, 0.29) is 12.2 Å². The van der Waals surface area contributed by atoms with Gasteiger partial charge >= 0.3 is 5.97 Å². The molecule has 1 aromatic rings. The summed E-state index contributed by atoms with van der Waals surface area (Å²) in [4.78, 5) is 10.7. The standard InChI is InChI=1S/C11H11ClO3/c1-7-5-9(15-6-8(2)12)3-4-10(7)11(13)14/h3-5H,2,6H2,1H3,(H,13,14). The summed E-state index contributed by atoms with van der Waals surface area (Å²) in [5, 5.41) is 9.20. The fraction of sp³-hybridized carbons (Fsp3) is 0.182. The van der Waals surface area contributed by atoms with Crippen molar-refractivity contribution in [2.24, 2.45) is 0 Å². The summed E-state index contributed by atoms with van der Waals surface area (Å²) in [5.41, 5.74) is 0.923. The fourth-order valence-electron chi connectivity index (χ4n) is 1.13. The molecule has 0 aromatic heterocycles. The van der Waals surface area contributed by atoms with Crippen molar-refractivity contribution >= 4 is 17.6 Å². The maximum Gasteiger partial charge on any atom is 0.335 e. The number of ether oxygens (including phenoxy) is 1. The van der Waals surface area contributed by atoms with Gasteiger partial charge in [0.05, 0.1) is 5.56 Å². The zero-order valence-corrected chi connectivity index (χ0v) is 9.04. The van der Waals surface area contributed by atoms with Crippen molar-refractivity contribution in [3.63, 3.8) is 0 Å². The van der Waals surface area contributed by atoms with E-state index in [1.165, 1.54) is 6.07 Å². The number of hydrogen-bond acceptors (Lipinski definition) is 2. The average molecular weight is 227 g/mol. The highest BCUT2D eigenvalue weighted by molar-refractivity contribution is 6.29. The van der Waals surface area contributed by atoms with Crippen molar-refractivity contribution < 1.29 is 14.6 Å². The molecule has 15 heavy (non-hydrogen) atoms. The predicted molar refractivity (Wildman–Crippen MR) is 58.6 cm³/mol. The summed E-state index contributed by atoms with van der Waals surface area (Å²) in [6.07, 6.45) is 0. The van der Waals surface area contributed by atoms with E-state index in [1.807, 2.05) is 0 Å². The highest BCUT2D eigenvalue weighted by Crippen LogP contribution is 2.18. The van der Waals surface area contributed by atoms with E-state index >= 15 is 0 Å².